The third kappa shape index (κ3) is 4.05. The second-order valence-corrected chi connectivity index (χ2v) is 7.01. The minimum atomic E-state index is 0.808. The highest BCUT2D eigenvalue weighted by Crippen LogP contribution is 2.15. The number of hydrogen-bond donors (Lipinski definition) is 1. The van der Waals surface area contributed by atoms with Crippen LogP contribution in [0.5, 0.6) is 0 Å². The van der Waals surface area contributed by atoms with E-state index in [0.717, 1.165) is 31.0 Å². The van der Waals surface area contributed by atoms with Crippen molar-refractivity contribution in [3.63, 3.8) is 0 Å². The van der Waals surface area contributed by atoms with Crippen molar-refractivity contribution < 1.29 is 0 Å². The summed E-state index contributed by atoms with van der Waals surface area (Å²) in [6.07, 6.45) is 3.74. The molecule has 0 unspecified atom stereocenters. The second kappa shape index (κ2) is 8.23. The molecule has 0 bridgehead atoms. The van der Waals surface area contributed by atoms with Crippen LogP contribution in [0.25, 0.3) is 5.69 Å². The van der Waals surface area contributed by atoms with Gasteiger partial charge in [0, 0.05) is 36.7 Å². The summed E-state index contributed by atoms with van der Waals surface area (Å²) in [5.41, 5.74) is 7.19. The van der Waals surface area contributed by atoms with Crippen molar-refractivity contribution in [2.24, 2.45) is 0 Å². The Kier molecular flexibility index (Phi) is 5.35. The van der Waals surface area contributed by atoms with Crippen LogP contribution in [0.2, 0.25) is 0 Å². The van der Waals surface area contributed by atoms with Crippen molar-refractivity contribution in [3.05, 3.63) is 101 Å². The Labute approximate surface area is 165 Å². The number of nitrogens with zero attached hydrogens (tertiary/aromatic N) is 4. The largest absolute Gasteiger partial charge is 0.308 e. The molecular formula is C23H25N5. The summed E-state index contributed by atoms with van der Waals surface area (Å²) in [5.74, 6) is 0. The highest BCUT2D eigenvalue weighted by atomic mass is 15.3. The van der Waals surface area contributed by atoms with Crippen LogP contribution in [0, 0.1) is 13.8 Å². The molecule has 5 nitrogen and oxygen atoms in total. The van der Waals surface area contributed by atoms with Crippen molar-refractivity contribution >= 4 is 0 Å². The molecule has 2 aromatic carbocycles. The fraction of sp³-hybridized carbons (Fsp3) is 0.217. The lowest BCUT2D eigenvalue weighted by molar-refractivity contribution is 0.653. The molecule has 0 amide bonds. The first-order valence-corrected chi connectivity index (χ1v) is 9.57. The van der Waals surface area contributed by atoms with Crippen LogP contribution in [0.1, 0.15) is 28.1 Å². The number of aryl methyl sites for hydroxylation is 1. The summed E-state index contributed by atoms with van der Waals surface area (Å²) in [4.78, 5) is 0. The van der Waals surface area contributed by atoms with Crippen LogP contribution >= 0.6 is 0 Å². The Hall–Kier alpha value is -3.18. The normalized spacial score (nSPS) is 11.1. The highest BCUT2D eigenvalue weighted by Gasteiger charge is 2.11. The van der Waals surface area contributed by atoms with Gasteiger partial charge in [-0.05, 0) is 43.2 Å². The van der Waals surface area contributed by atoms with E-state index >= 15 is 0 Å². The predicted molar refractivity (Wildman–Crippen MR) is 111 cm³/mol. The summed E-state index contributed by atoms with van der Waals surface area (Å²) in [7, 11) is 0. The molecule has 28 heavy (non-hydrogen) atoms. The van der Waals surface area contributed by atoms with Crippen molar-refractivity contribution in [2.45, 2.75) is 33.5 Å². The lowest BCUT2D eigenvalue weighted by atomic mass is 10.1. The number of hydrogen-bond acceptors (Lipinski definition) is 3. The van der Waals surface area contributed by atoms with Gasteiger partial charge in [0.15, 0.2) is 0 Å². The van der Waals surface area contributed by atoms with Gasteiger partial charge in [0.2, 0.25) is 0 Å². The molecule has 0 aliphatic rings. The molecule has 142 valence electrons. The molecule has 0 saturated heterocycles. The lowest BCUT2D eigenvalue weighted by Gasteiger charge is -2.08. The summed E-state index contributed by atoms with van der Waals surface area (Å²) in [6.45, 7) is 6.68. The first kappa shape index (κ1) is 18.2. The Morgan fingerprint density at radius 3 is 2.36 bits per heavy atom. The maximum atomic E-state index is 4.74. The van der Waals surface area contributed by atoms with Crippen LogP contribution in [-0.4, -0.2) is 19.6 Å². The van der Waals surface area contributed by atoms with Crippen LogP contribution in [0.3, 0.4) is 0 Å². The fourth-order valence-corrected chi connectivity index (χ4v) is 3.42. The van der Waals surface area contributed by atoms with Crippen molar-refractivity contribution in [2.75, 3.05) is 0 Å². The Bertz CT molecular complexity index is 1020. The predicted octanol–water partition coefficient (Wildman–Crippen LogP) is 4.02. The lowest BCUT2D eigenvalue weighted by Crippen LogP contribution is -2.14. The first-order valence-electron chi connectivity index (χ1n) is 9.57. The van der Waals surface area contributed by atoms with E-state index in [0.29, 0.717) is 0 Å². The molecule has 0 spiro atoms. The van der Waals surface area contributed by atoms with Gasteiger partial charge < -0.3 is 5.32 Å². The molecule has 0 aliphatic heterocycles. The number of aromatic nitrogens is 4. The van der Waals surface area contributed by atoms with E-state index in [-0.39, 0.29) is 0 Å². The van der Waals surface area contributed by atoms with Gasteiger partial charge in [-0.25, -0.2) is 4.68 Å². The Balaban J connectivity index is 1.37. The monoisotopic (exact) mass is 371 g/mol. The zero-order chi connectivity index (χ0) is 19.3. The molecule has 1 N–H and O–H groups in total. The van der Waals surface area contributed by atoms with Gasteiger partial charge in [0.05, 0.1) is 17.9 Å². The smallest absolute Gasteiger partial charge is 0.0662 e. The first-order chi connectivity index (χ1) is 13.7. The van der Waals surface area contributed by atoms with Crippen molar-refractivity contribution in [1.82, 2.24) is 24.9 Å². The molecule has 4 aromatic rings. The maximum absolute atomic E-state index is 4.74. The van der Waals surface area contributed by atoms with E-state index in [1.54, 1.807) is 6.20 Å². The topological polar surface area (TPSA) is 47.7 Å². The molecule has 5 heteroatoms. The summed E-state index contributed by atoms with van der Waals surface area (Å²) >= 11 is 0. The molecule has 0 aliphatic carbocycles. The molecule has 0 radical (unpaired) electrons. The SMILES string of the molecule is Cc1nn(Cc2ccccc2)c(C)c1CNCc1ccc(-n2cccn2)cc1. The fourth-order valence-electron chi connectivity index (χ4n) is 3.42. The number of rotatable bonds is 7. The Morgan fingerprint density at radius 1 is 0.857 bits per heavy atom. The average Bonchev–Trinajstić information content (AvgIpc) is 3.34. The molecule has 4 rings (SSSR count). The second-order valence-electron chi connectivity index (χ2n) is 7.01. The third-order valence-corrected chi connectivity index (χ3v) is 5.04. The van der Waals surface area contributed by atoms with Crippen molar-refractivity contribution in [1.29, 1.82) is 0 Å². The standard InChI is InChI=1S/C23H25N5/c1-18-23(19(2)28(26-18)17-21-7-4-3-5-8-21)16-24-15-20-9-11-22(12-10-20)27-14-6-13-25-27/h3-14,24H,15-17H2,1-2H3. The summed E-state index contributed by atoms with van der Waals surface area (Å²) in [6, 6.07) is 20.9. The van der Waals surface area contributed by atoms with Gasteiger partial charge in [0.1, 0.15) is 0 Å². The quantitative estimate of drug-likeness (QED) is 0.534. The zero-order valence-electron chi connectivity index (χ0n) is 16.3. The molecular weight excluding hydrogens is 346 g/mol. The summed E-state index contributed by atoms with van der Waals surface area (Å²) in [5, 5.41) is 12.6. The van der Waals surface area contributed by atoms with Gasteiger partial charge >= 0.3 is 0 Å². The minimum Gasteiger partial charge on any atom is -0.308 e. The molecule has 0 atom stereocenters. The highest BCUT2D eigenvalue weighted by molar-refractivity contribution is 5.34. The van der Waals surface area contributed by atoms with Crippen LogP contribution in [0.4, 0.5) is 0 Å². The average molecular weight is 371 g/mol. The van der Waals surface area contributed by atoms with E-state index < -0.39 is 0 Å². The van der Waals surface area contributed by atoms with Gasteiger partial charge in [0.25, 0.3) is 0 Å². The van der Waals surface area contributed by atoms with Gasteiger partial charge in [-0.1, -0.05) is 42.5 Å². The molecule has 2 heterocycles. The minimum absolute atomic E-state index is 0.808. The maximum Gasteiger partial charge on any atom is 0.0662 e. The van der Waals surface area contributed by atoms with Gasteiger partial charge in [-0.15, -0.1) is 0 Å². The van der Waals surface area contributed by atoms with E-state index in [2.05, 4.69) is 77.5 Å². The van der Waals surface area contributed by atoms with Gasteiger partial charge in [-0.3, -0.25) is 4.68 Å². The van der Waals surface area contributed by atoms with Crippen LogP contribution in [0.15, 0.2) is 73.1 Å². The third-order valence-electron chi connectivity index (χ3n) is 5.04. The number of nitrogens with one attached hydrogen (secondary N) is 1. The molecule has 2 aromatic heterocycles. The molecule has 0 saturated carbocycles. The molecule has 0 fully saturated rings. The summed E-state index contributed by atoms with van der Waals surface area (Å²) < 4.78 is 3.96. The van der Waals surface area contributed by atoms with E-state index in [4.69, 9.17) is 5.10 Å². The van der Waals surface area contributed by atoms with E-state index in [1.165, 1.54) is 22.4 Å². The number of benzene rings is 2. The van der Waals surface area contributed by atoms with Crippen molar-refractivity contribution in [3.8, 4) is 5.69 Å². The zero-order valence-corrected chi connectivity index (χ0v) is 16.3. The Morgan fingerprint density at radius 2 is 1.64 bits per heavy atom. The van der Waals surface area contributed by atoms with Gasteiger partial charge in [-0.2, -0.15) is 10.2 Å². The van der Waals surface area contributed by atoms with Crippen LogP contribution in [-0.2, 0) is 19.6 Å². The van der Waals surface area contributed by atoms with E-state index in [1.807, 2.05) is 23.0 Å². The van der Waals surface area contributed by atoms with E-state index in [9.17, 15) is 0 Å². The van der Waals surface area contributed by atoms with Crippen LogP contribution < -0.4 is 5.32 Å².